The molecule has 1 N–H and O–H groups in total. The summed E-state index contributed by atoms with van der Waals surface area (Å²) in [6, 6.07) is 4.40. The van der Waals surface area contributed by atoms with Crippen molar-refractivity contribution < 1.29 is 0 Å². The van der Waals surface area contributed by atoms with E-state index in [2.05, 4.69) is 48.1 Å². The molecule has 1 aromatic rings. The number of hydrogen-bond acceptors (Lipinski definition) is 3. The number of nitrogens with one attached hydrogen (secondary N) is 1. The molecule has 0 aromatic carbocycles. The Labute approximate surface area is 123 Å². The third-order valence-electron chi connectivity index (χ3n) is 4.83. The fourth-order valence-electron chi connectivity index (χ4n) is 3.08. The zero-order valence-corrected chi connectivity index (χ0v) is 13.3. The Bertz CT molecular complexity index is 395. The second-order valence-corrected chi connectivity index (χ2v) is 6.08. The lowest BCUT2D eigenvalue weighted by atomic mass is 9.82. The second-order valence-electron chi connectivity index (χ2n) is 6.08. The fraction of sp³-hybridized carbons (Fsp3) is 0.706. The maximum Gasteiger partial charge on any atom is 0.128 e. The van der Waals surface area contributed by atoms with E-state index in [9.17, 15) is 0 Å². The van der Waals surface area contributed by atoms with Crippen molar-refractivity contribution in [1.82, 2.24) is 10.3 Å². The first-order chi connectivity index (χ1) is 9.73. The van der Waals surface area contributed by atoms with Crippen LogP contribution in [0.5, 0.6) is 0 Å². The van der Waals surface area contributed by atoms with Crippen molar-refractivity contribution >= 4 is 5.82 Å². The molecule has 0 unspecified atom stereocenters. The number of rotatable bonds is 7. The molecule has 3 heteroatoms. The van der Waals surface area contributed by atoms with Crippen LogP contribution in [0, 0.1) is 5.41 Å². The molecular weight excluding hydrogens is 246 g/mol. The summed E-state index contributed by atoms with van der Waals surface area (Å²) in [7, 11) is 0. The molecule has 0 aliphatic carbocycles. The molecule has 2 heterocycles. The van der Waals surface area contributed by atoms with E-state index < -0.39 is 0 Å². The average Bonchev–Trinajstić information content (AvgIpc) is 2.93. The monoisotopic (exact) mass is 275 g/mol. The van der Waals surface area contributed by atoms with Crippen LogP contribution in [0.4, 0.5) is 5.82 Å². The van der Waals surface area contributed by atoms with Crippen LogP contribution in [0.2, 0.25) is 0 Å². The quantitative estimate of drug-likeness (QED) is 0.771. The minimum absolute atomic E-state index is 0.517. The lowest BCUT2D eigenvalue weighted by Crippen LogP contribution is -2.26. The Kier molecular flexibility index (Phi) is 5.41. The molecule has 1 saturated heterocycles. The highest BCUT2D eigenvalue weighted by Gasteiger charge is 2.35. The minimum Gasteiger partial charge on any atom is -0.356 e. The predicted molar refractivity (Wildman–Crippen MR) is 86.1 cm³/mol. The van der Waals surface area contributed by atoms with Gasteiger partial charge in [0.15, 0.2) is 0 Å². The SMILES string of the molecule is CCCNCc1ccc(N2CCC(CC)(CC)C2)nc1. The van der Waals surface area contributed by atoms with E-state index in [1.165, 1.54) is 37.8 Å². The third kappa shape index (κ3) is 3.51. The third-order valence-corrected chi connectivity index (χ3v) is 4.83. The van der Waals surface area contributed by atoms with E-state index in [4.69, 9.17) is 0 Å². The highest BCUT2D eigenvalue weighted by molar-refractivity contribution is 5.41. The molecule has 2 rings (SSSR count). The van der Waals surface area contributed by atoms with Crippen LogP contribution < -0.4 is 10.2 Å². The van der Waals surface area contributed by atoms with Gasteiger partial charge in [-0.3, -0.25) is 0 Å². The topological polar surface area (TPSA) is 28.2 Å². The first kappa shape index (κ1) is 15.3. The maximum absolute atomic E-state index is 4.66. The Balaban J connectivity index is 1.94. The van der Waals surface area contributed by atoms with Crippen LogP contribution in [0.1, 0.15) is 52.0 Å². The molecule has 1 fully saturated rings. The highest BCUT2D eigenvalue weighted by Crippen LogP contribution is 2.38. The van der Waals surface area contributed by atoms with Gasteiger partial charge in [0.25, 0.3) is 0 Å². The number of nitrogens with zero attached hydrogens (tertiary/aromatic N) is 2. The van der Waals surface area contributed by atoms with Gasteiger partial charge < -0.3 is 10.2 Å². The summed E-state index contributed by atoms with van der Waals surface area (Å²) in [6.45, 7) is 11.2. The smallest absolute Gasteiger partial charge is 0.128 e. The van der Waals surface area contributed by atoms with Gasteiger partial charge in [-0.15, -0.1) is 0 Å². The standard InChI is InChI=1S/C17H29N3/c1-4-10-18-12-15-7-8-16(19-13-15)20-11-9-17(5-2,6-3)14-20/h7-8,13,18H,4-6,9-12,14H2,1-3H3. The maximum atomic E-state index is 4.66. The molecular formula is C17H29N3. The van der Waals surface area contributed by atoms with Gasteiger partial charge in [-0.05, 0) is 49.3 Å². The van der Waals surface area contributed by atoms with Crippen molar-refractivity contribution in [3.8, 4) is 0 Å². The molecule has 0 amide bonds. The van der Waals surface area contributed by atoms with Crippen LogP contribution in [0.15, 0.2) is 18.3 Å². The Morgan fingerprint density at radius 3 is 2.60 bits per heavy atom. The van der Waals surface area contributed by atoms with Gasteiger partial charge in [0.1, 0.15) is 5.82 Å². The van der Waals surface area contributed by atoms with Crippen molar-refractivity contribution in [2.75, 3.05) is 24.5 Å². The molecule has 1 aliphatic heterocycles. The summed E-state index contributed by atoms with van der Waals surface area (Å²) < 4.78 is 0. The largest absolute Gasteiger partial charge is 0.356 e. The lowest BCUT2D eigenvalue weighted by Gasteiger charge is -2.26. The van der Waals surface area contributed by atoms with E-state index in [-0.39, 0.29) is 0 Å². The van der Waals surface area contributed by atoms with E-state index in [1.807, 2.05) is 6.20 Å². The zero-order valence-electron chi connectivity index (χ0n) is 13.3. The summed E-state index contributed by atoms with van der Waals surface area (Å²) in [5.74, 6) is 1.15. The Hall–Kier alpha value is -1.09. The molecule has 0 saturated carbocycles. The number of anilines is 1. The summed E-state index contributed by atoms with van der Waals surface area (Å²) in [5.41, 5.74) is 1.79. The molecule has 3 nitrogen and oxygen atoms in total. The molecule has 0 spiro atoms. The minimum atomic E-state index is 0.517. The van der Waals surface area contributed by atoms with Crippen LogP contribution in [-0.4, -0.2) is 24.6 Å². The summed E-state index contributed by atoms with van der Waals surface area (Å²) in [4.78, 5) is 7.11. The van der Waals surface area contributed by atoms with Crippen molar-refractivity contribution in [3.05, 3.63) is 23.9 Å². The van der Waals surface area contributed by atoms with Gasteiger partial charge in [0.2, 0.25) is 0 Å². The summed E-state index contributed by atoms with van der Waals surface area (Å²) >= 11 is 0. The van der Waals surface area contributed by atoms with Crippen molar-refractivity contribution in [2.45, 2.75) is 53.0 Å². The van der Waals surface area contributed by atoms with Crippen LogP contribution in [0.25, 0.3) is 0 Å². The van der Waals surface area contributed by atoms with E-state index in [0.717, 1.165) is 25.5 Å². The van der Waals surface area contributed by atoms with E-state index in [0.29, 0.717) is 5.41 Å². The molecule has 20 heavy (non-hydrogen) atoms. The van der Waals surface area contributed by atoms with E-state index in [1.54, 1.807) is 0 Å². The van der Waals surface area contributed by atoms with Gasteiger partial charge in [0, 0.05) is 25.8 Å². The van der Waals surface area contributed by atoms with Gasteiger partial charge >= 0.3 is 0 Å². The second kappa shape index (κ2) is 7.07. The summed E-state index contributed by atoms with van der Waals surface area (Å²) in [6.07, 6.45) is 7.06. The molecule has 1 aliphatic rings. The molecule has 0 atom stereocenters. The van der Waals surface area contributed by atoms with Crippen LogP contribution in [0.3, 0.4) is 0 Å². The molecule has 0 radical (unpaired) electrons. The zero-order chi connectivity index (χ0) is 14.4. The van der Waals surface area contributed by atoms with Crippen LogP contribution >= 0.6 is 0 Å². The molecule has 1 aromatic heterocycles. The Morgan fingerprint density at radius 1 is 1.25 bits per heavy atom. The van der Waals surface area contributed by atoms with E-state index >= 15 is 0 Å². The first-order valence-electron chi connectivity index (χ1n) is 8.13. The average molecular weight is 275 g/mol. The van der Waals surface area contributed by atoms with Gasteiger partial charge in [0.05, 0.1) is 0 Å². The summed E-state index contributed by atoms with van der Waals surface area (Å²) in [5, 5.41) is 3.42. The van der Waals surface area contributed by atoms with Gasteiger partial charge in [-0.2, -0.15) is 0 Å². The molecule has 0 bridgehead atoms. The van der Waals surface area contributed by atoms with Crippen molar-refractivity contribution in [1.29, 1.82) is 0 Å². The first-order valence-corrected chi connectivity index (χ1v) is 8.13. The molecule has 112 valence electrons. The fourth-order valence-corrected chi connectivity index (χ4v) is 3.08. The number of pyridine rings is 1. The highest BCUT2D eigenvalue weighted by atomic mass is 15.2. The van der Waals surface area contributed by atoms with Gasteiger partial charge in [-0.1, -0.05) is 26.8 Å². The lowest BCUT2D eigenvalue weighted by molar-refractivity contribution is 0.301. The Morgan fingerprint density at radius 2 is 2.05 bits per heavy atom. The van der Waals surface area contributed by atoms with Crippen molar-refractivity contribution in [3.63, 3.8) is 0 Å². The normalized spacial score (nSPS) is 17.6. The predicted octanol–water partition coefficient (Wildman–Crippen LogP) is 3.60. The number of aromatic nitrogens is 1. The number of hydrogen-bond donors (Lipinski definition) is 1. The van der Waals surface area contributed by atoms with Crippen LogP contribution in [-0.2, 0) is 6.54 Å². The van der Waals surface area contributed by atoms with Crippen molar-refractivity contribution in [2.24, 2.45) is 5.41 Å². The van der Waals surface area contributed by atoms with Gasteiger partial charge in [-0.25, -0.2) is 4.98 Å².